The van der Waals surface area contributed by atoms with E-state index in [1.165, 1.54) is 0 Å². The van der Waals surface area contributed by atoms with Crippen molar-refractivity contribution in [3.05, 3.63) is 16.6 Å². The fourth-order valence-corrected chi connectivity index (χ4v) is 2.23. The van der Waals surface area contributed by atoms with Crippen LogP contribution in [0.2, 0.25) is 0 Å². The van der Waals surface area contributed by atoms with E-state index in [-0.39, 0.29) is 11.4 Å². The number of hydrogen-bond acceptors (Lipinski definition) is 4. The summed E-state index contributed by atoms with van der Waals surface area (Å²) in [7, 11) is 0. The van der Waals surface area contributed by atoms with Gasteiger partial charge in [0.25, 0.3) is 0 Å². The van der Waals surface area contributed by atoms with Gasteiger partial charge in [-0.2, -0.15) is 0 Å². The Morgan fingerprint density at radius 3 is 2.55 bits per heavy atom. The second-order valence-electron chi connectivity index (χ2n) is 5.51. The van der Waals surface area contributed by atoms with Crippen LogP contribution in [0, 0.1) is 0 Å². The number of fused-ring (bicyclic) bond motifs is 1. The van der Waals surface area contributed by atoms with Crippen molar-refractivity contribution >= 4 is 27.5 Å². The highest BCUT2D eigenvalue weighted by molar-refractivity contribution is 9.10. The first kappa shape index (κ1) is 15.1. The number of amides is 1. The van der Waals surface area contributed by atoms with Crippen molar-refractivity contribution < 1.29 is 14.3 Å². The molecular weight excluding hydrogens is 324 g/mol. The predicted octanol–water partition coefficient (Wildman–Crippen LogP) is 2.68. The van der Waals surface area contributed by atoms with E-state index in [0.29, 0.717) is 43.2 Å². The summed E-state index contributed by atoms with van der Waals surface area (Å²) in [6.45, 7) is 4.86. The van der Waals surface area contributed by atoms with Crippen molar-refractivity contribution in [2.75, 3.05) is 18.5 Å². The van der Waals surface area contributed by atoms with E-state index >= 15 is 0 Å². The topological polar surface area (TPSA) is 73.6 Å². The molecule has 1 amide bonds. The average Bonchev–Trinajstić information content (AvgIpc) is 2.36. The molecule has 0 atom stereocenters. The van der Waals surface area contributed by atoms with E-state index in [1.807, 2.05) is 13.8 Å². The molecule has 0 bridgehead atoms. The standard InChI is InChI=1S/C14H19BrN2O3/c1-14(2,16)4-3-13(18)17-10-8-12-11(7-9(10)15)19-5-6-20-12/h7-8H,3-6,16H2,1-2H3,(H,17,18). The normalized spacial score (nSPS) is 14.0. The van der Waals surface area contributed by atoms with Crippen LogP contribution in [0.5, 0.6) is 11.5 Å². The Hall–Kier alpha value is -1.27. The van der Waals surface area contributed by atoms with Gasteiger partial charge in [-0.1, -0.05) is 0 Å². The molecule has 3 N–H and O–H groups in total. The van der Waals surface area contributed by atoms with Gasteiger partial charge in [-0.25, -0.2) is 0 Å². The first-order valence-electron chi connectivity index (χ1n) is 6.53. The largest absolute Gasteiger partial charge is 0.486 e. The Morgan fingerprint density at radius 1 is 1.35 bits per heavy atom. The van der Waals surface area contributed by atoms with Crippen LogP contribution in [0.1, 0.15) is 26.7 Å². The minimum absolute atomic E-state index is 0.0686. The monoisotopic (exact) mass is 342 g/mol. The van der Waals surface area contributed by atoms with Crippen molar-refractivity contribution in [3.63, 3.8) is 0 Å². The third kappa shape index (κ3) is 4.11. The summed E-state index contributed by atoms with van der Waals surface area (Å²) < 4.78 is 11.7. The Labute approximate surface area is 126 Å². The molecule has 0 aliphatic carbocycles. The molecule has 0 unspecified atom stereocenters. The zero-order chi connectivity index (χ0) is 14.8. The van der Waals surface area contributed by atoms with Crippen LogP contribution in [-0.4, -0.2) is 24.7 Å². The fraction of sp³-hybridized carbons (Fsp3) is 0.500. The quantitative estimate of drug-likeness (QED) is 0.882. The lowest BCUT2D eigenvalue weighted by molar-refractivity contribution is -0.116. The van der Waals surface area contributed by atoms with Crippen LogP contribution in [0.15, 0.2) is 16.6 Å². The second-order valence-corrected chi connectivity index (χ2v) is 6.37. The van der Waals surface area contributed by atoms with Crippen LogP contribution in [0.25, 0.3) is 0 Å². The number of carbonyl (C=O) groups is 1. The number of hydrogen-bond donors (Lipinski definition) is 2. The molecule has 1 heterocycles. The molecule has 0 spiro atoms. The van der Waals surface area contributed by atoms with Crippen LogP contribution >= 0.6 is 15.9 Å². The summed E-state index contributed by atoms with van der Waals surface area (Å²) in [5.41, 5.74) is 6.20. The fourth-order valence-electron chi connectivity index (χ4n) is 1.81. The SMILES string of the molecule is CC(C)(N)CCC(=O)Nc1cc2c(cc1Br)OCCO2. The first-order valence-corrected chi connectivity index (χ1v) is 7.32. The molecule has 20 heavy (non-hydrogen) atoms. The number of anilines is 1. The Bertz CT molecular complexity index is 512. The minimum atomic E-state index is -0.346. The smallest absolute Gasteiger partial charge is 0.224 e. The van der Waals surface area contributed by atoms with Crippen LogP contribution in [-0.2, 0) is 4.79 Å². The lowest BCUT2D eigenvalue weighted by Crippen LogP contribution is -2.33. The van der Waals surface area contributed by atoms with Gasteiger partial charge in [-0.05, 0) is 36.2 Å². The molecule has 0 aromatic heterocycles. The van der Waals surface area contributed by atoms with E-state index in [0.717, 1.165) is 4.47 Å². The molecular formula is C14H19BrN2O3. The number of nitrogens with two attached hydrogens (primary N) is 1. The predicted molar refractivity (Wildman–Crippen MR) is 81.3 cm³/mol. The van der Waals surface area contributed by atoms with E-state index < -0.39 is 0 Å². The number of halogens is 1. The Kier molecular flexibility index (Phi) is 4.55. The molecule has 1 aromatic carbocycles. The van der Waals surface area contributed by atoms with Gasteiger partial charge in [-0.3, -0.25) is 4.79 Å². The first-order chi connectivity index (χ1) is 9.35. The van der Waals surface area contributed by atoms with Crippen molar-refractivity contribution in [1.29, 1.82) is 0 Å². The molecule has 5 nitrogen and oxygen atoms in total. The van der Waals surface area contributed by atoms with E-state index in [2.05, 4.69) is 21.2 Å². The van der Waals surface area contributed by atoms with Crippen molar-refractivity contribution in [2.24, 2.45) is 5.73 Å². The highest BCUT2D eigenvalue weighted by Crippen LogP contribution is 2.38. The summed E-state index contributed by atoms with van der Waals surface area (Å²) in [4.78, 5) is 11.9. The maximum atomic E-state index is 11.9. The highest BCUT2D eigenvalue weighted by atomic mass is 79.9. The third-order valence-electron chi connectivity index (χ3n) is 2.90. The molecule has 0 saturated carbocycles. The Balaban J connectivity index is 2.04. The number of ether oxygens (including phenoxy) is 2. The molecule has 0 radical (unpaired) electrons. The van der Waals surface area contributed by atoms with Gasteiger partial charge in [0, 0.05) is 28.6 Å². The van der Waals surface area contributed by atoms with Crippen LogP contribution < -0.4 is 20.5 Å². The molecule has 1 aliphatic heterocycles. The highest BCUT2D eigenvalue weighted by Gasteiger charge is 2.17. The van der Waals surface area contributed by atoms with Gasteiger partial charge in [0.15, 0.2) is 11.5 Å². The molecule has 110 valence electrons. The maximum absolute atomic E-state index is 11.9. The van der Waals surface area contributed by atoms with Crippen molar-refractivity contribution in [3.8, 4) is 11.5 Å². The minimum Gasteiger partial charge on any atom is -0.486 e. The van der Waals surface area contributed by atoms with Gasteiger partial charge in [0.2, 0.25) is 5.91 Å². The third-order valence-corrected chi connectivity index (χ3v) is 3.56. The average molecular weight is 343 g/mol. The molecule has 2 rings (SSSR count). The molecule has 0 fully saturated rings. The number of carbonyl (C=O) groups excluding carboxylic acids is 1. The Morgan fingerprint density at radius 2 is 1.95 bits per heavy atom. The zero-order valence-electron chi connectivity index (χ0n) is 11.7. The van der Waals surface area contributed by atoms with Crippen molar-refractivity contribution in [2.45, 2.75) is 32.2 Å². The van der Waals surface area contributed by atoms with E-state index in [9.17, 15) is 4.79 Å². The van der Waals surface area contributed by atoms with Gasteiger partial charge in [-0.15, -0.1) is 0 Å². The summed E-state index contributed by atoms with van der Waals surface area (Å²) in [6, 6.07) is 3.57. The zero-order valence-corrected chi connectivity index (χ0v) is 13.2. The van der Waals surface area contributed by atoms with Crippen LogP contribution in [0.3, 0.4) is 0 Å². The number of rotatable bonds is 4. The summed E-state index contributed by atoms with van der Waals surface area (Å²) >= 11 is 3.42. The maximum Gasteiger partial charge on any atom is 0.224 e. The molecule has 1 aliphatic rings. The van der Waals surface area contributed by atoms with Crippen molar-refractivity contribution in [1.82, 2.24) is 0 Å². The number of benzene rings is 1. The van der Waals surface area contributed by atoms with Gasteiger partial charge in [0.1, 0.15) is 13.2 Å². The molecule has 1 aromatic rings. The lowest BCUT2D eigenvalue weighted by atomic mass is 10.00. The lowest BCUT2D eigenvalue weighted by Gasteiger charge is -2.20. The summed E-state index contributed by atoms with van der Waals surface area (Å²) in [6.07, 6.45) is 1.01. The van der Waals surface area contributed by atoms with Gasteiger partial charge < -0.3 is 20.5 Å². The molecule has 6 heteroatoms. The van der Waals surface area contributed by atoms with Crippen LogP contribution in [0.4, 0.5) is 5.69 Å². The second kappa shape index (κ2) is 6.01. The summed E-state index contributed by atoms with van der Waals surface area (Å²) in [5, 5.41) is 2.86. The van der Waals surface area contributed by atoms with Gasteiger partial charge >= 0.3 is 0 Å². The number of nitrogens with one attached hydrogen (secondary N) is 1. The van der Waals surface area contributed by atoms with E-state index in [4.69, 9.17) is 15.2 Å². The van der Waals surface area contributed by atoms with Gasteiger partial charge in [0.05, 0.1) is 5.69 Å². The summed E-state index contributed by atoms with van der Waals surface area (Å²) in [5.74, 6) is 1.26. The molecule has 0 saturated heterocycles. The van der Waals surface area contributed by atoms with E-state index in [1.54, 1.807) is 12.1 Å².